The van der Waals surface area contributed by atoms with Crippen molar-refractivity contribution in [3.05, 3.63) is 39.9 Å². The summed E-state index contributed by atoms with van der Waals surface area (Å²) in [6.07, 6.45) is 7.93. The summed E-state index contributed by atoms with van der Waals surface area (Å²) < 4.78 is 0. The number of likely N-dealkylation sites (tertiary alicyclic amines) is 1. The average molecular weight is 347 g/mol. The Labute approximate surface area is 148 Å². The van der Waals surface area contributed by atoms with Gasteiger partial charge < -0.3 is 4.90 Å². The van der Waals surface area contributed by atoms with Gasteiger partial charge in [-0.25, -0.2) is 0 Å². The highest BCUT2D eigenvalue weighted by Gasteiger charge is 2.32. The lowest BCUT2D eigenvalue weighted by atomic mass is 9.94. The van der Waals surface area contributed by atoms with E-state index in [9.17, 15) is 10.1 Å². The van der Waals surface area contributed by atoms with Gasteiger partial charge in [0.1, 0.15) is 4.99 Å². The molecule has 3 rings (SSSR count). The van der Waals surface area contributed by atoms with Crippen molar-refractivity contribution in [1.82, 2.24) is 9.80 Å². The van der Waals surface area contributed by atoms with Crippen molar-refractivity contribution in [2.45, 2.75) is 50.6 Å². The Morgan fingerprint density at radius 2 is 1.88 bits per heavy atom. The first-order valence-corrected chi connectivity index (χ1v) is 9.23. The molecule has 130 valence electrons. The van der Waals surface area contributed by atoms with Crippen LogP contribution in [-0.2, 0) is 0 Å². The van der Waals surface area contributed by atoms with Crippen LogP contribution in [0.25, 0.3) is 0 Å². The summed E-state index contributed by atoms with van der Waals surface area (Å²) in [7, 11) is 2.05. The summed E-state index contributed by atoms with van der Waals surface area (Å²) in [6, 6.07) is 7.76. The van der Waals surface area contributed by atoms with Crippen molar-refractivity contribution in [1.29, 1.82) is 0 Å². The predicted octanol–water partition coefficient (Wildman–Crippen LogP) is 3.61. The maximum Gasteiger partial charge on any atom is 0.269 e. The molecule has 1 aromatic rings. The topological polar surface area (TPSA) is 49.6 Å². The molecule has 0 amide bonds. The van der Waals surface area contributed by atoms with Crippen LogP contribution in [0.2, 0.25) is 0 Å². The normalized spacial score (nSPS) is 22.5. The quantitative estimate of drug-likeness (QED) is 0.473. The summed E-state index contributed by atoms with van der Waals surface area (Å²) in [6.45, 7) is 2.23. The first-order valence-electron chi connectivity index (χ1n) is 8.82. The molecule has 2 aliphatic rings. The maximum absolute atomic E-state index is 10.8. The number of likely N-dealkylation sites (N-methyl/N-ethyl adjacent to an activating group) is 1. The molecular weight excluding hydrogens is 322 g/mol. The second-order valence-electron chi connectivity index (χ2n) is 6.95. The van der Waals surface area contributed by atoms with Crippen molar-refractivity contribution >= 4 is 22.9 Å². The van der Waals surface area contributed by atoms with E-state index < -0.39 is 0 Å². The zero-order valence-electron chi connectivity index (χ0n) is 14.2. The molecule has 1 saturated carbocycles. The Morgan fingerprint density at radius 3 is 2.50 bits per heavy atom. The van der Waals surface area contributed by atoms with Gasteiger partial charge in [-0.05, 0) is 31.4 Å². The molecule has 1 aliphatic heterocycles. The number of hydrogen-bond donors (Lipinski definition) is 0. The first kappa shape index (κ1) is 17.3. The van der Waals surface area contributed by atoms with E-state index in [0.29, 0.717) is 6.04 Å². The number of nitro groups is 1. The Bertz CT molecular complexity index is 599. The van der Waals surface area contributed by atoms with E-state index in [-0.39, 0.29) is 10.6 Å². The molecule has 0 N–H and O–H groups in total. The smallest absolute Gasteiger partial charge is 0.269 e. The molecule has 0 radical (unpaired) electrons. The lowest BCUT2D eigenvalue weighted by molar-refractivity contribution is -0.384. The van der Waals surface area contributed by atoms with Crippen LogP contribution in [0.4, 0.5) is 5.69 Å². The van der Waals surface area contributed by atoms with Gasteiger partial charge in [-0.2, -0.15) is 0 Å². The number of nitrogens with zero attached hydrogens (tertiary/aromatic N) is 3. The Hall–Kier alpha value is -1.53. The zero-order chi connectivity index (χ0) is 17.1. The molecule has 1 aromatic carbocycles. The van der Waals surface area contributed by atoms with Crippen LogP contribution < -0.4 is 0 Å². The van der Waals surface area contributed by atoms with Crippen molar-refractivity contribution in [2.24, 2.45) is 0 Å². The largest absolute Gasteiger partial charge is 0.361 e. The number of nitro benzene ring substituents is 1. The second kappa shape index (κ2) is 7.57. The Balaban J connectivity index is 1.60. The molecule has 1 atom stereocenters. The maximum atomic E-state index is 10.8. The summed E-state index contributed by atoms with van der Waals surface area (Å²) in [5.74, 6) is 0. The minimum absolute atomic E-state index is 0.105. The van der Waals surface area contributed by atoms with E-state index in [2.05, 4.69) is 16.8 Å². The first-order chi connectivity index (χ1) is 11.6. The molecule has 0 bridgehead atoms. The average Bonchev–Trinajstić information content (AvgIpc) is 3.11. The van der Waals surface area contributed by atoms with Crippen LogP contribution in [0.1, 0.15) is 44.1 Å². The van der Waals surface area contributed by atoms with Gasteiger partial charge in [0.05, 0.1) is 4.92 Å². The van der Waals surface area contributed by atoms with Gasteiger partial charge in [-0.1, -0.05) is 31.5 Å². The molecule has 1 heterocycles. The van der Waals surface area contributed by atoms with Crippen LogP contribution >= 0.6 is 12.2 Å². The Kier molecular flexibility index (Phi) is 5.46. The molecule has 0 aromatic heterocycles. The molecule has 5 nitrogen and oxygen atoms in total. The fraction of sp³-hybridized carbons (Fsp3) is 0.611. The number of non-ortho nitro benzene ring substituents is 1. The summed E-state index contributed by atoms with van der Waals surface area (Å²) in [4.78, 5) is 16.0. The SMILES string of the molecule is CN(C(=S)c1ccc([N+](=O)[O-])cc1)C1CCN(C2CCCCC2)C1. The van der Waals surface area contributed by atoms with E-state index in [0.717, 1.165) is 36.1 Å². The monoisotopic (exact) mass is 347 g/mol. The van der Waals surface area contributed by atoms with Gasteiger partial charge in [0.25, 0.3) is 5.69 Å². The van der Waals surface area contributed by atoms with Gasteiger partial charge in [0.15, 0.2) is 0 Å². The number of rotatable bonds is 4. The minimum Gasteiger partial charge on any atom is -0.361 e. The highest BCUT2D eigenvalue weighted by molar-refractivity contribution is 7.80. The van der Waals surface area contributed by atoms with Gasteiger partial charge >= 0.3 is 0 Å². The van der Waals surface area contributed by atoms with Crippen LogP contribution in [0, 0.1) is 10.1 Å². The van der Waals surface area contributed by atoms with Crippen molar-refractivity contribution < 1.29 is 4.92 Å². The van der Waals surface area contributed by atoms with E-state index in [1.165, 1.54) is 44.2 Å². The molecule has 24 heavy (non-hydrogen) atoms. The highest BCUT2D eigenvalue weighted by atomic mass is 32.1. The molecule has 1 unspecified atom stereocenters. The third-order valence-electron chi connectivity index (χ3n) is 5.48. The number of benzene rings is 1. The molecule has 6 heteroatoms. The predicted molar refractivity (Wildman–Crippen MR) is 99.4 cm³/mol. The van der Waals surface area contributed by atoms with Crippen LogP contribution in [-0.4, -0.2) is 51.9 Å². The zero-order valence-corrected chi connectivity index (χ0v) is 15.0. The summed E-state index contributed by atoms with van der Waals surface area (Å²) in [5, 5.41) is 10.8. The molecule has 1 saturated heterocycles. The van der Waals surface area contributed by atoms with Crippen molar-refractivity contribution in [3.63, 3.8) is 0 Å². The second-order valence-corrected chi connectivity index (χ2v) is 7.34. The molecule has 1 aliphatic carbocycles. The van der Waals surface area contributed by atoms with Crippen LogP contribution in [0.3, 0.4) is 0 Å². The standard InChI is InChI=1S/C18H25N3O2S/c1-19(18(24)14-7-9-16(10-8-14)21(22)23)17-11-12-20(13-17)15-5-3-2-4-6-15/h7-10,15,17H,2-6,11-13H2,1H3. The molecule has 0 spiro atoms. The fourth-order valence-corrected chi connectivity index (χ4v) is 4.24. The number of thiocarbonyl (C=S) groups is 1. The lowest BCUT2D eigenvalue weighted by Crippen LogP contribution is -2.41. The van der Waals surface area contributed by atoms with Crippen molar-refractivity contribution in [3.8, 4) is 0 Å². The van der Waals surface area contributed by atoms with E-state index in [1.807, 2.05) is 0 Å². The van der Waals surface area contributed by atoms with Gasteiger partial charge in [-0.3, -0.25) is 15.0 Å². The van der Waals surface area contributed by atoms with Crippen LogP contribution in [0.15, 0.2) is 24.3 Å². The van der Waals surface area contributed by atoms with E-state index >= 15 is 0 Å². The summed E-state index contributed by atoms with van der Waals surface area (Å²) >= 11 is 5.62. The van der Waals surface area contributed by atoms with Crippen LogP contribution in [0.5, 0.6) is 0 Å². The Morgan fingerprint density at radius 1 is 1.21 bits per heavy atom. The molecule has 2 fully saturated rings. The summed E-state index contributed by atoms with van der Waals surface area (Å²) in [5.41, 5.74) is 0.989. The lowest BCUT2D eigenvalue weighted by Gasteiger charge is -2.32. The van der Waals surface area contributed by atoms with E-state index in [1.54, 1.807) is 12.1 Å². The van der Waals surface area contributed by atoms with Gasteiger partial charge in [-0.15, -0.1) is 0 Å². The third kappa shape index (κ3) is 3.75. The van der Waals surface area contributed by atoms with E-state index in [4.69, 9.17) is 12.2 Å². The fourth-order valence-electron chi connectivity index (χ4n) is 3.96. The molecular formula is C18H25N3O2S. The third-order valence-corrected chi connectivity index (χ3v) is 6.00. The van der Waals surface area contributed by atoms with Gasteiger partial charge in [0, 0.05) is 49.9 Å². The minimum atomic E-state index is -0.379. The van der Waals surface area contributed by atoms with Gasteiger partial charge in [0.2, 0.25) is 0 Å². The number of hydrogen-bond acceptors (Lipinski definition) is 4. The highest BCUT2D eigenvalue weighted by Crippen LogP contribution is 2.27. The van der Waals surface area contributed by atoms with Crippen molar-refractivity contribution in [2.75, 3.05) is 20.1 Å².